The molecule has 0 fully saturated rings. The maximum Gasteiger partial charge on any atom is 0.330 e. The van der Waals surface area contributed by atoms with Crippen molar-refractivity contribution in [2.45, 2.75) is 33.7 Å². The van der Waals surface area contributed by atoms with Gasteiger partial charge in [-0.3, -0.25) is 19.3 Å². The number of benzene rings is 2. The standard InChI is InChI=1S/C23H24N2O5/c1-13(2)20(25-21(27)16-9-5-6-10-17(16)22(25)28)23(29)30-12-19(26)24-18-11-7-8-14(3)15(18)4/h5-11,13,20H,12H2,1-4H3,(H,24,26)/t20-/m0/s1. The Labute approximate surface area is 175 Å². The van der Waals surface area contributed by atoms with Crippen LogP contribution < -0.4 is 5.32 Å². The molecule has 0 saturated carbocycles. The summed E-state index contributed by atoms with van der Waals surface area (Å²) in [4.78, 5) is 51.4. The third kappa shape index (κ3) is 3.96. The number of carbonyl (C=O) groups is 4. The molecule has 1 heterocycles. The van der Waals surface area contributed by atoms with Gasteiger partial charge in [0.05, 0.1) is 11.1 Å². The molecule has 2 aromatic rings. The van der Waals surface area contributed by atoms with Gasteiger partial charge in [0.25, 0.3) is 17.7 Å². The Hall–Kier alpha value is -3.48. The molecule has 0 aliphatic carbocycles. The molecule has 0 unspecified atom stereocenters. The normalized spacial score (nSPS) is 14.0. The summed E-state index contributed by atoms with van der Waals surface area (Å²) < 4.78 is 5.18. The molecule has 2 aromatic carbocycles. The molecule has 1 atom stereocenters. The zero-order valence-corrected chi connectivity index (χ0v) is 17.4. The molecule has 0 saturated heterocycles. The Morgan fingerprint density at radius 2 is 1.57 bits per heavy atom. The number of aryl methyl sites for hydroxylation is 1. The Balaban J connectivity index is 1.70. The predicted molar refractivity (Wildman–Crippen MR) is 111 cm³/mol. The van der Waals surface area contributed by atoms with E-state index in [1.54, 1.807) is 44.2 Å². The Kier molecular flexibility index (Phi) is 6.01. The van der Waals surface area contributed by atoms with Crippen molar-refractivity contribution in [3.8, 4) is 0 Å². The minimum atomic E-state index is -1.12. The van der Waals surface area contributed by atoms with Gasteiger partial charge in [0.1, 0.15) is 6.04 Å². The quantitative estimate of drug-likeness (QED) is 0.586. The van der Waals surface area contributed by atoms with Crippen LogP contribution in [-0.4, -0.2) is 41.2 Å². The van der Waals surface area contributed by atoms with Crippen LogP contribution in [0.25, 0.3) is 0 Å². The van der Waals surface area contributed by atoms with Gasteiger partial charge in [0.15, 0.2) is 6.61 Å². The molecule has 156 valence electrons. The molecule has 30 heavy (non-hydrogen) atoms. The van der Waals surface area contributed by atoms with Crippen molar-refractivity contribution in [1.82, 2.24) is 4.90 Å². The van der Waals surface area contributed by atoms with Gasteiger partial charge in [-0.15, -0.1) is 0 Å². The molecule has 3 amide bonds. The van der Waals surface area contributed by atoms with E-state index in [1.165, 1.54) is 0 Å². The molecule has 3 rings (SSSR count). The lowest BCUT2D eigenvalue weighted by Gasteiger charge is -2.27. The summed E-state index contributed by atoms with van der Waals surface area (Å²) in [5.74, 6) is -2.75. The molecule has 0 radical (unpaired) electrons. The molecule has 1 aliphatic heterocycles. The van der Waals surface area contributed by atoms with Gasteiger partial charge in [0, 0.05) is 5.69 Å². The summed E-state index contributed by atoms with van der Waals surface area (Å²) >= 11 is 0. The van der Waals surface area contributed by atoms with Gasteiger partial charge in [-0.1, -0.05) is 38.1 Å². The molecular formula is C23H24N2O5. The number of hydrogen-bond donors (Lipinski definition) is 1. The Bertz CT molecular complexity index is 993. The summed E-state index contributed by atoms with van der Waals surface area (Å²) in [5.41, 5.74) is 3.09. The van der Waals surface area contributed by atoms with E-state index in [4.69, 9.17) is 4.74 Å². The number of hydrogen-bond acceptors (Lipinski definition) is 5. The topological polar surface area (TPSA) is 92.8 Å². The fourth-order valence-corrected chi connectivity index (χ4v) is 3.43. The first-order valence-electron chi connectivity index (χ1n) is 9.72. The first-order valence-corrected chi connectivity index (χ1v) is 9.72. The smallest absolute Gasteiger partial charge is 0.330 e. The highest BCUT2D eigenvalue weighted by Crippen LogP contribution is 2.27. The van der Waals surface area contributed by atoms with Crippen molar-refractivity contribution in [3.63, 3.8) is 0 Å². The number of ether oxygens (including phenoxy) is 1. The lowest BCUT2D eigenvalue weighted by Crippen LogP contribution is -2.49. The van der Waals surface area contributed by atoms with Crippen molar-refractivity contribution in [2.75, 3.05) is 11.9 Å². The third-order valence-electron chi connectivity index (χ3n) is 5.20. The SMILES string of the molecule is Cc1cccc(NC(=O)COC(=O)[C@H](C(C)C)N2C(=O)c3ccccc3C2=O)c1C. The van der Waals surface area contributed by atoms with Crippen LogP contribution in [0.5, 0.6) is 0 Å². The van der Waals surface area contributed by atoms with E-state index in [0.717, 1.165) is 16.0 Å². The van der Waals surface area contributed by atoms with E-state index in [0.29, 0.717) is 5.69 Å². The first-order chi connectivity index (χ1) is 14.2. The van der Waals surface area contributed by atoms with Crippen LogP contribution in [0.15, 0.2) is 42.5 Å². The zero-order valence-electron chi connectivity index (χ0n) is 17.4. The maximum atomic E-state index is 12.7. The zero-order chi connectivity index (χ0) is 22.0. The van der Waals surface area contributed by atoms with Crippen molar-refractivity contribution >= 4 is 29.4 Å². The van der Waals surface area contributed by atoms with Crippen LogP contribution in [0.3, 0.4) is 0 Å². The average Bonchev–Trinajstić information content (AvgIpc) is 2.95. The van der Waals surface area contributed by atoms with Crippen molar-refractivity contribution in [1.29, 1.82) is 0 Å². The van der Waals surface area contributed by atoms with Crippen molar-refractivity contribution < 1.29 is 23.9 Å². The minimum absolute atomic E-state index is 0.258. The molecular weight excluding hydrogens is 384 g/mol. The Morgan fingerprint density at radius 1 is 0.967 bits per heavy atom. The molecule has 7 nitrogen and oxygen atoms in total. The second-order valence-electron chi connectivity index (χ2n) is 7.62. The van der Waals surface area contributed by atoms with Gasteiger partial charge in [-0.05, 0) is 49.1 Å². The number of rotatable bonds is 6. The number of esters is 1. The minimum Gasteiger partial charge on any atom is -0.454 e. The number of amides is 3. The van der Waals surface area contributed by atoms with E-state index in [2.05, 4.69) is 5.32 Å². The van der Waals surface area contributed by atoms with Crippen molar-refractivity contribution in [2.24, 2.45) is 5.92 Å². The summed E-state index contributed by atoms with van der Waals surface area (Å²) in [6, 6.07) is 10.8. The van der Waals surface area contributed by atoms with Crippen LogP contribution in [0, 0.1) is 19.8 Å². The molecule has 7 heteroatoms. The summed E-state index contributed by atoms with van der Waals surface area (Å²) in [6.45, 7) is 6.73. The van der Waals surface area contributed by atoms with E-state index in [1.807, 2.05) is 26.0 Å². The second kappa shape index (κ2) is 8.49. The molecule has 0 bridgehead atoms. The second-order valence-corrected chi connectivity index (χ2v) is 7.62. The third-order valence-corrected chi connectivity index (χ3v) is 5.20. The van der Waals surface area contributed by atoms with E-state index in [9.17, 15) is 19.2 Å². The number of carbonyl (C=O) groups excluding carboxylic acids is 4. The van der Waals surface area contributed by atoms with Gasteiger partial charge < -0.3 is 10.1 Å². The summed E-state index contributed by atoms with van der Waals surface area (Å²) in [5, 5.41) is 2.71. The highest BCUT2D eigenvalue weighted by atomic mass is 16.5. The van der Waals surface area contributed by atoms with Gasteiger partial charge in [0.2, 0.25) is 0 Å². The van der Waals surface area contributed by atoms with Crippen molar-refractivity contribution in [3.05, 3.63) is 64.7 Å². The number of anilines is 1. The van der Waals surface area contributed by atoms with E-state index in [-0.39, 0.29) is 17.0 Å². The first kappa shape index (κ1) is 21.2. The van der Waals surface area contributed by atoms with Crippen LogP contribution >= 0.6 is 0 Å². The summed E-state index contributed by atoms with van der Waals surface area (Å²) in [7, 11) is 0. The fraction of sp³-hybridized carbons (Fsp3) is 0.304. The highest BCUT2D eigenvalue weighted by Gasteiger charge is 2.44. The van der Waals surface area contributed by atoms with E-state index < -0.39 is 36.3 Å². The number of fused-ring (bicyclic) bond motifs is 1. The van der Waals surface area contributed by atoms with E-state index >= 15 is 0 Å². The van der Waals surface area contributed by atoms with Gasteiger partial charge in [-0.2, -0.15) is 0 Å². The van der Waals surface area contributed by atoms with Crippen LogP contribution in [0.2, 0.25) is 0 Å². The largest absolute Gasteiger partial charge is 0.454 e. The van der Waals surface area contributed by atoms with Gasteiger partial charge in [-0.25, -0.2) is 4.79 Å². The molecule has 1 aliphatic rings. The highest BCUT2D eigenvalue weighted by molar-refractivity contribution is 6.22. The lowest BCUT2D eigenvalue weighted by atomic mass is 10.0. The average molecular weight is 408 g/mol. The van der Waals surface area contributed by atoms with Crippen LogP contribution in [0.1, 0.15) is 45.7 Å². The van der Waals surface area contributed by atoms with Crippen LogP contribution in [-0.2, 0) is 14.3 Å². The fourth-order valence-electron chi connectivity index (χ4n) is 3.43. The lowest BCUT2D eigenvalue weighted by molar-refractivity contribution is -0.152. The molecule has 1 N–H and O–H groups in total. The van der Waals surface area contributed by atoms with Gasteiger partial charge >= 0.3 is 5.97 Å². The molecule has 0 spiro atoms. The van der Waals surface area contributed by atoms with Crippen LogP contribution in [0.4, 0.5) is 5.69 Å². The number of imide groups is 1. The molecule has 0 aromatic heterocycles. The maximum absolute atomic E-state index is 12.7. The Morgan fingerprint density at radius 3 is 2.13 bits per heavy atom. The number of nitrogens with one attached hydrogen (secondary N) is 1. The predicted octanol–water partition coefficient (Wildman–Crippen LogP) is 3.11. The summed E-state index contributed by atoms with van der Waals surface area (Å²) in [6.07, 6.45) is 0. The monoisotopic (exact) mass is 408 g/mol. The number of nitrogens with zero attached hydrogens (tertiary/aromatic N) is 1.